The van der Waals surface area contributed by atoms with Crippen molar-refractivity contribution >= 4 is 23.1 Å². The van der Waals surface area contributed by atoms with Crippen LogP contribution < -0.4 is 5.73 Å². The predicted octanol–water partition coefficient (Wildman–Crippen LogP) is 1.95. The summed E-state index contributed by atoms with van der Waals surface area (Å²) in [6.07, 6.45) is 2.79. The zero-order valence-corrected chi connectivity index (χ0v) is 11.2. The van der Waals surface area contributed by atoms with Gasteiger partial charge in [0.2, 0.25) is 5.91 Å². The molecule has 1 amide bonds. The molecule has 1 aliphatic rings. The van der Waals surface area contributed by atoms with Crippen molar-refractivity contribution in [2.24, 2.45) is 17.6 Å². The average Bonchev–Trinajstić information content (AvgIpc) is 2.53. The Labute approximate surface area is 103 Å². The number of amides is 1. The Morgan fingerprint density at radius 2 is 2.19 bits per heavy atom. The molecule has 1 heterocycles. The molecule has 3 atom stereocenters. The highest BCUT2D eigenvalue weighted by Gasteiger charge is 2.34. The first-order valence-electron chi connectivity index (χ1n) is 6.07. The van der Waals surface area contributed by atoms with Gasteiger partial charge in [-0.2, -0.15) is 0 Å². The van der Waals surface area contributed by atoms with E-state index in [9.17, 15) is 4.79 Å². The largest absolute Gasteiger partial charge is 0.393 e. The molecule has 0 saturated carbocycles. The maximum absolute atomic E-state index is 12.3. The second-order valence-electron chi connectivity index (χ2n) is 4.92. The van der Waals surface area contributed by atoms with Gasteiger partial charge >= 0.3 is 0 Å². The highest BCUT2D eigenvalue weighted by molar-refractivity contribution is 7.80. The molecule has 2 N–H and O–H groups in total. The fraction of sp³-hybridized carbons (Fsp3) is 0.833. The van der Waals surface area contributed by atoms with Crippen LogP contribution in [0.2, 0.25) is 0 Å². The van der Waals surface area contributed by atoms with E-state index < -0.39 is 0 Å². The SMILES string of the molecule is CCCC(C(=O)N1CC(C)CC1C)C(N)=S. The molecule has 0 aliphatic carbocycles. The summed E-state index contributed by atoms with van der Waals surface area (Å²) < 4.78 is 0. The number of hydrogen-bond donors (Lipinski definition) is 1. The van der Waals surface area contributed by atoms with Crippen molar-refractivity contribution in [3.8, 4) is 0 Å². The zero-order valence-electron chi connectivity index (χ0n) is 10.4. The molecule has 4 heteroatoms. The van der Waals surface area contributed by atoms with Gasteiger partial charge in [-0.15, -0.1) is 0 Å². The van der Waals surface area contributed by atoms with Gasteiger partial charge in [0.15, 0.2) is 0 Å². The van der Waals surface area contributed by atoms with Gasteiger partial charge in [0.05, 0.1) is 10.9 Å². The Kier molecular flexibility index (Phi) is 4.71. The molecule has 1 rings (SSSR count). The lowest BCUT2D eigenvalue weighted by Crippen LogP contribution is -2.42. The number of thiocarbonyl (C=S) groups is 1. The molecule has 0 bridgehead atoms. The summed E-state index contributed by atoms with van der Waals surface area (Å²) in [5.74, 6) is 0.464. The van der Waals surface area contributed by atoms with Crippen LogP contribution >= 0.6 is 12.2 Å². The molecule has 0 aromatic carbocycles. The third kappa shape index (κ3) is 2.94. The van der Waals surface area contributed by atoms with Crippen molar-refractivity contribution in [3.05, 3.63) is 0 Å². The lowest BCUT2D eigenvalue weighted by atomic mass is 10.0. The first-order chi connectivity index (χ1) is 7.47. The molecule has 1 aliphatic heterocycles. The molecule has 92 valence electrons. The van der Waals surface area contributed by atoms with Crippen molar-refractivity contribution in [2.45, 2.75) is 46.1 Å². The normalized spacial score (nSPS) is 26.8. The van der Waals surface area contributed by atoms with Crippen LogP contribution in [0.15, 0.2) is 0 Å². The van der Waals surface area contributed by atoms with Crippen LogP contribution in [0, 0.1) is 11.8 Å². The summed E-state index contributed by atoms with van der Waals surface area (Å²) in [5, 5.41) is 0. The Morgan fingerprint density at radius 1 is 1.56 bits per heavy atom. The first-order valence-corrected chi connectivity index (χ1v) is 6.48. The molecule has 1 fully saturated rings. The van der Waals surface area contributed by atoms with Crippen molar-refractivity contribution in [2.75, 3.05) is 6.54 Å². The van der Waals surface area contributed by atoms with Crippen molar-refractivity contribution < 1.29 is 4.79 Å². The average molecular weight is 242 g/mol. The van der Waals surface area contributed by atoms with E-state index in [1.807, 2.05) is 4.90 Å². The van der Waals surface area contributed by atoms with Gasteiger partial charge in [-0.05, 0) is 25.7 Å². The summed E-state index contributed by atoms with van der Waals surface area (Å²) in [5.41, 5.74) is 5.66. The van der Waals surface area contributed by atoms with E-state index in [4.69, 9.17) is 18.0 Å². The highest BCUT2D eigenvalue weighted by atomic mass is 32.1. The summed E-state index contributed by atoms with van der Waals surface area (Å²) in [6.45, 7) is 7.18. The minimum atomic E-state index is -0.257. The first kappa shape index (κ1) is 13.4. The standard InChI is InChI=1S/C12H22N2OS/c1-4-5-10(11(13)16)12(15)14-7-8(2)6-9(14)3/h8-10H,4-7H2,1-3H3,(H2,13,16). The van der Waals surface area contributed by atoms with E-state index in [2.05, 4.69) is 20.8 Å². The number of nitrogens with zero attached hydrogens (tertiary/aromatic N) is 1. The lowest BCUT2D eigenvalue weighted by molar-refractivity contribution is -0.134. The van der Waals surface area contributed by atoms with E-state index in [0.717, 1.165) is 25.8 Å². The molecule has 0 aromatic rings. The molecule has 3 unspecified atom stereocenters. The molecule has 1 saturated heterocycles. The van der Waals surface area contributed by atoms with Crippen LogP contribution in [0.4, 0.5) is 0 Å². The van der Waals surface area contributed by atoms with Gasteiger partial charge < -0.3 is 10.6 Å². The molecular weight excluding hydrogens is 220 g/mol. The summed E-state index contributed by atoms with van der Waals surface area (Å²) >= 11 is 4.99. The Bertz CT molecular complexity index is 280. The van der Waals surface area contributed by atoms with Gasteiger partial charge in [-0.1, -0.05) is 32.5 Å². The number of hydrogen-bond acceptors (Lipinski definition) is 2. The third-order valence-corrected chi connectivity index (χ3v) is 3.57. The molecular formula is C12H22N2OS. The summed E-state index contributed by atoms with van der Waals surface area (Å²) in [7, 11) is 0. The minimum absolute atomic E-state index is 0.131. The fourth-order valence-electron chi connectivity index (χ4n) is 2.48. The third-order valence-electron chi connectivity index (χ3n) is 3.29. The lowest BCUT2D eigenvalue weighted by Gasteiger charge is -2.26. The van der Waals surface area contributed by atoms with E-state index in [1.165, 1.54) is 0 Å². The monoisotopic (exact) mass is 242 g/mol. The van der Waals surface area contributed by atoms with Crippen molar-refractivity contribution in [1.29, 1.82) is 0 Å². The topological polar surface area (TPSA) is 46.3 Å². The van der Waals surface area contributed by atoms with Gasteiger partial charge in [0, 0.05) is 12.6 Å². The number of likely N-dealkylation sites (tertiary alicyclic amines) is 1. The zero-order chi connectivity index (χ0) is 12.3. The molecule has 16 heavy (non-hydrogen) atoms. The Balaban J connectivity index is 2.71. The van der Waals surface area contributed by atoms with E-state index in [-0.39, 0.29) is 11.8 Å². The molecule has 0 aromatic heterocycles. The van der Waals surface area contributed by atoms with Gasteiger partial charge in [-0.3, -0.25) is 4.79 Å². The predicted molar refractivity (Wildman–Crippen MR) is 70.1 cm³/mol. The van der Waals surface area contributed by atoms with Crippen LogP contribution in [-0.4, -0.2) is 28.4 Å². The minimum Gasteiger partial charge on any atom is -0.393 e. The second-order valence-corrected chi connectivity index (χ2v) is 5.40. The van der Waals surface area contributed by atoms with E-state index >= 15 is 0 Å². The molecule has 0 spiro atoms. The Morgan fingerprint density at radius 3 is 2.56 bits per heavy atom. The fourth-order valence-corrected chi connectivity index (χ4v) is 2.70. The number of carbonyl (C=O) groups excluding carboxylic acids is 1. The van der Waals surface area contributed by atoms with Crippen molar-refractivity contribution in [3.63, 3.8) is 0 Å². The number of carbonyl (C=O) groups is 1. The number of rotatable bonds is 4. The Hall–Kier alpha value is -0.640. The summed E-state index contributed by atoms with van der Waals surface area (Å²) in [6, 6.07) is 0.330. The quantitative estimate of drug-likeness (QED) is 0.766. The molecule has 3 nitrogen and oxygen atoms in total. The van der Waals surface area contributed by atoms with Crippen LogP contribution in [0.3, 0.4) is 0 Å². The van der Waals surface area contributed by atoms with Crippen LogP contribution in [-0.2, 0) is 4.79 Å². The summed E-state index contributed by atoms with van der Waals surface area (Å²) in [4.78, 5) is 14.6. The van der Waals surface area contributed by atoms with Gasteiger partial charge in [0.1, 0.15) is 0 Å². The number of nitrogens with two attached hydrogens (primary N) is 1. The molecule has 0 radical (unpaired) electrons. The smallest absolute Gasteiger partial charge is 0.232 e. The van der Waals surface area contributed by atoms with Gasteiger partial charge in [-0.25, -0.2) is 0 Å². The maximum Gasteiger partial charge on any atom is 0.232 e. The van der Waals surface area contributed by atoms with Crippen LogP contribution in [0.25, 0.3) is 0 Å². The highest BCUT2D eigenvalue weighted by Crippen LogP contribution is 2.25. The second kappa shape index (κ2) is 5.62. The van der Waals surface area contributed by atoms with Crippen LogP contribution in [0.5, 0.6) is 0 Å². The van der Waals surface area contributed by atoms with Crippen molar-refractivity contribution in [1.82, 2.24) is 4.90 Å². The van der Waals surface area contributed by atoms with Gasteiger partial charge in [0.25, 0.3) is 0 Å². The van der Waals surface area contributed by atoms with E-state index in [0.29, 0.717) is 16.9 Å². The van der Waals surface area contributed by atoms with Crippen LogP contribution in [0.1, 0.15) is 40.0 Å². The maximum atomic E-state index is 12.3. The van der Waals surface area contributed by atoms with E-state index in [1.54, 1.807) is 0 Å².